The van der Waals surface area contributed by atoms with Crippen molar-refractivity contribution < 1.29 is 0 Å². The molecule has 3 aromatic rings. The third-order valence-corrected chi connectivity index (χ3v) is 5.60. The highest BCUT2D eigenvalue weighted by atomic mass is 14.2. The molecule has 5 rings (SSSR count). The van der Waals surface area contributed by atoms with Gasteiger partial charge in [-0.3, -0.25) is 0 Å². The Bertz CT molecular complexity index is 972. The number of fused-ring (bicyclic) bond motifs is 2. The molecule has 0 amide bonds. The summed E-state index contributed by atoms with van der Waals surface area (Å²) in [7, 11) is 0. The molecule has 0 aliphatic heterocycles. The van der Waals surface area contributed by atoms with Crippen LogP contribution in [0.5, 0.6) is 0 Å². The van der Waals surface area contributed by atoms with Crippen LogP contribution in [0.1, 0.15) is 36.8 Å². The van der Waals surface area contributed by atoms with E-state index in [2.05, 4.69) is 85.0 Å². The lowest BCUT2D eigenvalue weighted by Gasteiger charge is -2.21. The van der Waals surface area contributed by atoms with Crippen LogP contribution in [-0.2, 0) is 0 Å². The van der Waals surface area contributed by atoms with Gasteiger partial charge in [0.15, 0.2) is 0 Å². The molecule has 26 heavy (non-hydrogen) atoms. The molecule has 0 heterocycles. The van der Waals surface area contributed by atoms with Gasteiger partial charge in [0, 0.05) is 0 Å². The second kappa shape index (κ2) is 6.46. The third-order valence-electron chi connectivity index (χ3n) is 5.60. The molecule has 0 saturated heterocycles. The molecule has 0 fully saturated rings. The summed E-state index contributed by atoms with van der Waals surface area (Å²) in [6, 6.07) is 17.9. The van der Waals surface area contributed by atoms with Gasteiger partial charge in [-0.15, -0.1) is 0 Å². The molecule has 0 saturated carbocycles. The number of allylic oxidation sites excluding steroid dienone is 8. The largest absolute Gasteiger partial charge is 0.0842 e. The highest BCUT2D eigenvalue weighted by Gasteiger charge is 2.18. The van der Waals surface area contributed by atoms with Crippen molar-refractivity contribution in [3.63, 3.8) is 0 Å². The van der Waals surface area contributed by atoms with Crippen LogP contribution in [0.15, 0.2) is 85.0 Å². The molecular weight excluding hydrogens is 312 g/mol. The van der Waals surface area contributed by atoms with Crippen molar-refractivity contribution in [1.82, 2.24) is 0 Å². The number of hydrogen-bond acceptors (Lipinski definition) is 0. The molecule has 0 radical (unpaired) electrons. The van der Waals surface area contributed by atoms with E-state index in [-0.39, 0.29) is 0 Å². The van der Waals surface area contributed by atoms with Gasteiger partial charge >= 0.3 is 0 Å². The van der Waals surface area contributed by atoms with Gasteiger partial charge in [0.05, 0.1) is 0 Å². The van der Waals surface area contributed by atoms with Crippen LogP contribution in [0.4, 0.5) is 0 Å². The molecule has 0 N–H and O–H groups in total. The summed E-state index contributed by atoms with van der Waals surface area (Å²) in [4.78, 5) is 0. The van der Waals surface area contributed by atoms with Gasteiger partial charge in [-0.25, -0.2) is 0 Å². The van der Waals surface area contributed by atoms with E-state index < -0.39 is 0 Å². The maximum absolute atomic E-state index is 2.31. The molecule has 0 spiro atoms. The van der Waals surface area contributed by atoms with Gasteiger partial charge in [0.25, 0.3) is 0 Å². The van der Waals surface area contributed by atoms with Gasteiger partial charge in [0.2, 0.25) is 0 Å². The molecule has 2 aliphatic carbocycles. The van der Waals surface area contributed by atoms with Crippen molar-refractivity contribution in [3.05, 3.63) is 96.1 Å². The molecule has 0 nitrogen and oxygen atoms in total. The lowest BCUT2D eigenvalue weighted by atomic mass is 9.82. The standard InChI is InChI=1S/C26H22/c1-3-11-19(12-4-1)25-21-15-7-9-17-23(21)26(20-13-5-2-6-14-20)24-18-10-8-16-22(24)25/h1-3,5,7-11,13,15-18H,4,6,12,14H2. The Morgan fingerprint density at radius 1 is 0.500 bits per heavy atom. The summed E-state index contributed by atoms with van der Waals surface area (Å²) in [5.41, 5.74) is 5.78. The molecule has 126 valence electrons. The minimum Gasteiger partial charge on any atom is -0.0842 e. The molecule has 0 aromatic heterocycles. The Hall–Kier alpha value is -2.86. The summed E-state index contributed by atoms with van der Waals surface area (Å²) in [6.07, 6.45) is 18.1. The van der Waals surface area contributed by atoms with E-state index in [9.17, 15) is 0 Å². The third kappa shape index (κ3) is 2.45. The second-order valence-electron chi connectivity index (χ2n) is 7.16. The summed E-state index contributed by atoms with van der Waals surface area (Å²) in [5, 5.41) is 5.55. The van der Waals surface area contributed by atoms with Crippen molar-refractivity contribution in [2.45, 2.75) is 25.7 Å². The van der Waals surface area contributed by atoms with Crippen LogP contribution in [-0.4, -0.2) is 0 Å². The normalized spacial score (nSPS) is 16.8. The first-order valence-electron chi connectivity index (χ1n) is 9.59. The van der Waals surface area contributed by atoms with Crippen LogP contribution in [0.25, 0.3) is 32.7 Å². The second-order valence-corrected chi connectivity index (χ2v) is 7.16. The maximum atomic E-state index is 2.31. The first kappa shape index (κ1) is 15.4. The zero-order chi connectivity index (χ0) is 17.3. The van der Waals surface area contributed by atoms with Crippen molar-refractivity contribution in [3.8, 4) is 0 Å². The number of rotatable bonds is 2. The van der Waals surface area contributed by atoms with E-state index in [4.69, 9.17) is 0 Å². The van der Waals surface area contributed by atoms with E-state index in [0.29, 0.717) is 0 Å². The molecule has 0 atom stereocenters. The SMILES string of the molecule is C1=CCCC(c2c3ccccc3c(C3=CC=CCC3)c3ccccc23)=C1. The van der Waals surface area contributed by atoms with E-state index in [0.717, 1.165) is 25.7 Å². The summed E-state index contributed by atoms with van der Waals surface area (Å²) < 4.78 is 0. The summed E-state index contributed by atoms with van der Waals surface area (Å²) >= 11 is 0. The van der Waals surface area contributed by atoms with Crippen LogP contribution in [0, 0.1) is 0 Å². The lowest BCUT2D eigenvalue weighted by Crippen LogP contribution is -1.98. The Kier molecular flexibility index (Phi) is 3.83. The monoisotopic (exact) mass is 334 g/mol. The fraction of sp³-hybridized carbons (Fsp3) is 0.154. The quantitative estimate of drug-likeness (QED) is 0.427. The van der Waals surface area contributed by atoms with Gasteiger partial charge in [-0.1, -0.05) is 85.0 Å². The molecule has 0 unspecified atom stereocenters. The highest BCUT2D eigenvalue weighted by Crippen LogP contribution is 2.42. The average molecular weight is 334 g/mol. The smallest absolute Gasteiger partial charge is 0.00667 e. The predicted molar refractivity (Wildman–Crippen MR) is 114 cm³/mol. The first-order valence-corrected chi connectivity index (χ1v) is 9.59. The van der Waals surface area contributed by atoms with Gasteiger partial charge < -0.3 is 0 Å². The lowest BCUT2D eigenvalue weighted by molar-refractivity contribution is 1.06. The maximum Gasteiger partial charge on any atom is -0.00667 e. The van der Waals surface area contributed by atoms with Crippen LogP contribution in [0.3, 0.4) is 0 Å². The number of hydrogen-bond donors (Lipinski definition) is 0. The fourth-order valence-corrected chi connectivity index (χ4v) is 4.44. The van der Waals surface area contributed by atoms with Crippen molar-refractivity contribution in [1.29, 1.82) is 0 Å². The molecule has 2 aliphatic rings. The topological polar surface area (TPSA) is 0 Å². The van der Waals surface area contributed by atoms with Crippen LogP contribution < -0.4 is 0 Å². The molecule has 0 bridgehead atoms. The Labute approximate surface area is 154 Å². The van der Waals surface area contributed by atoms with Gasteiger partial charge in [-0.2, -0.15) is 0 Å². The molecule has 3 aromatic carbocycles. The van der Waals surface area contributed by atoms with Crippen LogP contribution in [0.2, 0.25) is 0 Å². The van der Waals surface area contributed by atoms with Crippen molar-refractivity contribution in [2.75, 3.05) is 0 Å². The Morgan fingerprint density at radius 2 is 0.885 bits per heavy atom. The van der Waals surface area contributed by atoms with Gasteiger partial charge in [-0.05, 0) is 69.5 Å². The predicted octanol–water partition coefficient (Wildman–Crippen LogP) is 7.46. The minimum absolute atomic E-state index is 1.12. The van der Waals surface area contributed by atoms with Crippen LogP contribution >= 0.6 is 0 Å². The Balaban J connectivity index is 1.95. The fourth-order valence-electron chi connectivity index (χ4n) is 4.44. The Morgan fingerprint density at radius 3 is 1.19 bits per heavy atom. The number of benzene rings is 3. The van der Waals surface area contributed by atoms with Crippen molar-refractivity contribution >= 4 is 32.7 Å². The van der Waals surface area contributed by atoms with Gasteiger partial charge in [0.1, 0.15) is 0 Å². The highest BCUT2D eigenvalue weighted by molar-refractivity contribution is 6.16. The van der Waals surface area contributed by atoms with E-state index in [1.54, 1.807) is 0 Å². The van der Waals surface area contributed by atoms with E-state index in [1.165, 1.54) is 43.8 Å². The minimum atomic E-state index is 1.12. The van der Waals surface area contributed by atoms with Crippen molar-refractivity contribution in [2.24, 2.45) is 0 Å². The van der Waals surface area contributed by atoms with E-state index in [1.807, 2.05) is 0 Å². The zero-order valence-electron chi connectivity index (χ0n) is 14.9. The summed E-state index contributed by atoms with van der Waals surface area (Å²) in [5.74, 6) is 0. The molecular formula is C26H22. The first-order chi connectivity index (χ1) is 12.9. The average Bonchev–Trinajstić information content (AvgIpc) is 2.73. The zero-order valence-corrected chi connectivity index (χ0v) is 14.9. The molecule has 0 heteroatoms. The van der Waals surface area contributed by atoms with E-state index >= 15 is 0 Å². The summed E-state index contributed by atoms with van der Waals surface area (Å²) in [6.45, 7) is 0.